The first-order valence-electron chi connectivity index (χ1n) is 4.70. The Kier molecular flexibility index (Phi) is 3.62. The van der Waals surface area contributed by atoms with Gasteiger partial charge < -0.3 is 10.6 Å². The molecule has 0 radical (unpaired) electrons. The van der Waals surface area contributed by atoms with E-state index in [2.05, 4.69) is 13.8 Å². The third kappa shape index (κ3) is 2.88. The van der Waals surface area contributed by atoms with Gasteiger partial charge in [0.2, 0.25) is 5.91 Å². The number of amides is 1. The van der Waals surface area contributed by atoms with Gasteiger partial charge in [0.1, 0.15) is 0 Å². The fourth-order valence-electron chi connectivity index (χ4n) is 1.65. The van der Waals surface area contributed by atoms with Crippen LogP contribution in [-0.2, 0) is 4.79 Å². The molecule has 13 heavy (non-hydrogen) atoms. The quantitative estimate of drug-likeness (QED) is 0.680. The van der Waals surface area contributed by atoms with E-state index in [4.69, 9.17) is 5.73 Å². The van der Waals surface area contributed by atoms with Gasteiger partial charge in [-0.25, -0.2) is 0 Å². The first-order chi connectivity index (χ1) is 6.00. The summed E-state index contributed by atoms with van der Waals surface area (Å²) in [6.07, 6.45) is 0. The lowest BCUT2D eigenvalue weighted by Crippen LogP contribution is -2.49. The summed E-state index contributed by atoms with van der Waals surface area (Å²) < 4.78 is 0. The molecule has 1 aliphatic rings. The summed E-state index contributed by atoms with van der Waals surface area (Å²) in [4.78, 5) is 13.5. The van der Waals surface area contributed by atoms with E-state index in [0.717, 1.165) is 13.1 Å². The van der Waals surface area contributed by atoms with Crippen molar-refractivity contribution >= 4 is 17.7 Å². The predicted molar refractivity (Wildman–Crippen MR) is 56.7 cm³/mol. The summed E-state index contributed by atoms with van der Waals surface area (Å²) in [6, 6.07) is -0.359. The van der Waals surface area contributed by atoms with Crippen LogP contribution in [0.5, 0.6) is 0 Å². The van der Waals surface area contributed by atoms with Crippen molar-refractivity contribution in [3.63, 3.8) is 0 Å². The van der Waals surface area contributed by atoms with E-state index in [9.17, 15) is 4.79 Å². The van der Waals surface area contributed by atoms with Gasteiger partial charge in [-0.15, -0.1) is 0 Å². The van der Waals surface area contributed by atoms with Crippen LogP contribution in [0.25, 0.3) is 0 Å². The molecule has 1 heterocycles. The van der Waals surface area contributed by atoms with Crippen LogP contribution in [0.2, 0.25) is 0 Å². The van der Waals surface area contributed by atoms with Gasteiger partial charge in [0.15, 0.2) is 0 Å². The first-order valence-corrected chi connectivity index (χ1v) is 5.64. The summed E-state index contributed by atoms with van der Waals surface area (Å²) >= 11 is 1.94. The van der Waals surface area contributed by atoms with Crippen molar-refractivity contribution in [1.29, 1.82) is 0 Å². The minimum absolute atomic E-state index is 0.0824. The maximum absolute atomic E-state index is 11.6. The van der Waals surface area contributed by atoms with Crippen LogP contribution in [0.1, 0.15) is 20.8 Å². The van der Waals surface area contributed by atoms with Crippen LogP contribution >= 0.6 is 11.8 Å². The summed E-state index contributed by atoms with van der Waals surface area (Å²) in [7, 11) is 0. The Hall–Kier alpha value is -0.220. The van der Waals surface area contributed by atoms with Gasteiger partial charge in [-0.05, 0) is 6.92 Å². The van der Waals surface area contributed by atoms with Crippen molar-refractivity contribution in [2.45, 2.75) is 37.3 Å². The number of rotatable bonds is 1. The second-order valence-electron chi connectivity index (χ2n) is 3.79. The van der Waals surface area contributed by atoms with E-state index in [-0.39, 0.29) is 11.9 Å². The molecule has 3 nitrogen and oxygen atoms in total. The monoisotopic (exact) mass is 202 g/mol. The van der Waals surface area contributed by atoms with Crippen LogP contribution < -0.4 is 5.73 Å². The highest BCUT2D eigenvalue weighted by molar-refractivity contribution is 8.00. The van der Waals surface area contributed by atoms with E-state index in [1.807, 2.05) is 16.7 Å². The molecule has 1 rings (SSSR count). The SMILES string of the molecule is CC1CN(C(=O)[C@@H](C)N)CC(C)S1. The van der Waals surface area contributed by atoms with Gasteiger partial charge in [0, 0.05) is 23.6 Å². The molecule has 0 spiro atoms. The van der Waals surface area contributed by atoms with E-state index in [0.29, 0.717) is 10.5 Å². The third-order valence-electron chi connectivity index (χ3n) is 2.12. The third-order valence-corrected chi connectivity index (χ3v) is 3.35. The molecule has 0 bridgehead atoms. The highest BCUT2D eigenvalue weighted by Gasteiger charge is 2.26. The maximum atomic E-state index is 11.6. The Labute approximate surface area is 84.0 Å². The van der Waals surface area contributed by atoms with E-state index >= 15 is 0 Å². The molecule has 0 aliphatic carbocycles. The summed E-state index contributed by atoms with van der Waals surface area (Å²) in [5.74, 6) is 0.0824. The normalized spacial score (nSPS) is 31.5. The van der Waals surface area contributed by atoms with Crippen LogP contribution in [0, 0.1) is 0 Å². The number of hydrogen-bond acceptors (Lipinski definition) is 3. The largest absolute Gasteiger partial charge is 0.339 e. The molecule has 0 aromatic heterocycles. The van der Waals surface area contributed by atoms with Gasteiger partial charge in [-0.1, -0.05) is 13.8 Å². The lowest BCUT2D eigenvalue weighted by atomic mass is 10.2. The average molecular weight is 202 g/mol. The average Bonchev–Trinajstić information content (AvgIpc) is 2.01. The minimum Gasteiger partial charge on any atom is -0.339 e. The van der Waals surface area contributed by atoms with Crippen molar-refractivity contribution in [3.05, 3.63) is 0 Å². The fraction of sp³-hybridized carbons (Fsp3) is 0.889. The van der Waals surface area contributed by atoms with E-state index < -0.39 is 0 Å². The van der Waals surface area contributed by atoms with Gasteiger partial charge in [0.05, 0.1) is 6.04 Å². The minimum atomic E-state index is -0.359. The molecule has 2 N–H and O–H groups in total. The van der Waals surface area contributed by atoms with E-state index in [1.165, 1.54) is 0 Å². The second kappa shape index (κ2) is 4.33. The number of nitrogens with zero attached hydrogens (tertiary/aromatic N) is 1. The number of carbonyl (C=O) groups excluding carboxylic acids is 1. The Balaban J connectivity index is 2.55. The molecule has 76 valence electrons. The summed E-state index contributed by atoms with van der Waals surface area (Å²) in [6.45, 7) is 7.74. The van der Waals surface area contributed by atoms with Crippen molar-refractivity contribution in [3.8, 4) is 0 Å². The zero-order chi connectivity index (χ0) is 10.0. The number of carbonyl (C=O) groups is 1. The standard InChI is InChI=1S/C9H18N2OS/c1-6-4-11(5-7(2)13-6)9(12)8(3)10/h6-8H,4-5,10H2,1-3H3/t6?,7?,8-/m1/s1. The molecule has 0 aromatic carbocycles. The summed E-state index contributed by atoms with van der Waals surface area (Å²) in [5.41, 5.74) is 5.56. The van der Waals surface area contributed by atoms with Crippen LogP contribution in [0.3, 0.4) is 0 Å². The molecule has 0 aromatic rings. The fourth-order valence-corrected chi connectivity index (χ4v) is 2.97. The number of nitrogens with two attached hydrogens (primary N) is 1. The molecular formula is C9H18N2OS. The topological polar surface area (TPSA) is 46.3 Å². The van der Waals surface area contributed by atoms with Gasteiger partial charge in [0.25, 0.3) is 0 Å². The van der Waals surface area contributed by atoms with Crippen molar-refractivity contribution in [1.82, 2.24) is 4.90 Å². The first kappa shape index (κ1) is 10.9. The van der Waals surface area contributed by atoms with Crippen molar-refractivity contribution < 1.29 is 4.79 Å². The molecule has 2 unspecified atom stereocenters. The van der Waals surface area contributed by atoms with Crippen LogP contribution in [0.15, 0.2) is 0 Å². The highest BCUT2D eigenvalue weighted by atomic mass is 32.2. The van der Waals surface area contributed by atoms with E-state index in [1.54, 1.807) is 6.92 Å². The number of thioether (sulfide) groups is 1. The Bertz CT molecular complexity index is 186. The van der Waals surface area contributed by atoms with Crippen molar-refractivity contribution in [2.75, 3.05) is 13.1 Å². The molecule has 1 aliphatic heterocycles. The second-order valence-corrected chi connectivity index (χ2v) is 5.67. The van der Waals surface area contributed by atoms with Crippen LogP contribution in [0.4, 0.5) is 0 Å². The lowest BCUT2D eigenvalue weighted by Gasteiger charge is -2.35. The van der Waals surface area contributed by atoms with Gasteiger partial charge >= 0.3 is 0 Å². The Morgan fingerprint density at radius 2 is 1.92 bits per heavy atom. The molecule has 4 heteroatoms. The molecule has 0 saturated carbocycles. The molecular weight excluding hydrogens is 184 g/mol. The van der Waals surface area contributed by atoms with Crippen molar-refractivity contribution in [2.24, 2.45) is 5.73 Å². The maximum Gasteiger partial charge on any atom is 0.239 e. The summed E-state index contributed by atoms with van der Waals surface area (Å²) in [5, 5.41) is 1.07. The zero-order valence-electron chi connectivity index (χ0n) is 8.49. The highest BCUT2D eigenvalue weighted by Crippen LogP contribution is 2.24. The zero-order valence-corrected chi connectivity index (χ0v) is 9.30. The predicted octanol–water partition coefficient (Wildman–Crippen LogP) is 0.686. The molecule has 1 amide bonds. The Morgan fingerprint density at radius 3 is 2.31 bits per heavy atom. The number of hydrogen-bond donors (Lipinski definition) is 1. The molecule has 1 fully saturated rings. The van der Waals surface area contributed by atoms with Gasteiger partial charge in [-0.2, -0.15) is 11.8 Å². The van der Waals surface area contributed by atoms with Gasteiger partial charge in [-0.3, -0.25) is 4.79 Å². The molecule has 3 atom stereocenters. The van der Waals surface area contributed by atoms with Crippen LogP contribution in [-0.4, -0.2) is 40.4 Å². The lowest BCUT2D eigenvalue weighted by molar-refractivity contribution is -0.132. The smallest absolute Gasteiger partial charge is 0.239 e. The Morgan fingerprint density at radius 1 is 1.46 bits per heavy atom. The molecule has 1 saturated heterocycles.